The molecule has 0 amide bonds. The van der Waals surface area contributed by atoms with Crippen LogP contribution >= 0.6 is 0 Å². The Morgan fingerprint density at radius 2 is 1.82 bits per heavy atom. The van der Waals surface area contributed by atoms with E-state index in [0.29, 0.717) is 0 Å². The molecule has 17 heavy (non-hydrogen) atoms. The molecule has 1 aromatic rings. The van der Waals surface area contributed by atoms with Crippen molar-refractivity contribution < 1.29 is 5.11 Å². The lowest BCUT2D eigenvalue weighted by molar-refractivity contribution is 0.0993. The van der Waals surface area contributed by atoms with Gasteiger partial charge in [-0.3, -0.25) is 0 Å². The van der Waals surface area contributed by atoms with Crippen LogP contribution in [0, 0.1) is 0 Å². The first-order chi connectivity index (χ1) is 8.14. The van der Waals surface area contributed by atoms with Gasteiger partial charge in [-0.05, 0) is 18.9 Å². The largest absolute Gasteiger partial charge is 0.386 e. The molecule has 0 bridgehead atoms. The first kappa shape index (κ1) is 14.0. The van der Waals surface area contributed by atoms with Crippen molar-refractivity contribution >= 4 is 6.08 Å². The predicted octanol–water partition coefficient (Wildman–Crippen LogP) is 4.42. The molecule has 0 aliphatic heterocycles. The van der Waals surface area contributed by atoms with Gasteiger partial charge in [0.05, 0.1) is 5.60 Å². The zero-order chi connectivity index (χ0) is 12.6. The van der Waals surface area contributed by atoms with E-state index in [1.54, 1.807) is 0 Å². The van der Waals surface area contributed by atoms with Crippen LogP contribution in [0.15, 0.2) is 36.4 Å². The third-order valence-corrected chi connectivity index (χ3v) is 2.97. The summed E-state index contributed by atoms with van der Waals surface area (Å²) in [5.41, 5.74) is 0.463. The number of aliphatic hydroxyl groups is 1. The van der Waals surface area contributed by atoms with Gasteiger partial charge in [0, 0.05) is 0 Å². The van der Waals surface area contributed by atoms with Crippen molar-refractivity contribution in [2.75, 3.05) is 0 Å². The molecule has 0 aromatic heterocycles. The molecule has 0 heterocycles. The maximum absolute atomic E-state index is 10.2. The Morgan fingerprint density at radius 1 is 1.12 bits per heavy atom. The van der Waals surface area contributed by atoms with Crippen LogP contribution in [-0.2, 0) is 0 Å². The zero-order valence-corrected chi connectivity index (χ0v) is 11.0. The highest BCUT2D eigenvalue weighted by molar-refractivity contribution is 5.49. The first-order valence-electron chi connectivity index (χ1n) is 6.61. The van der Waals surface area contributed by atoms with Crippen molar-refractivity contribution in [3.63, 3.8) is 0 Å². The maximum atomic E-state index is 10.2. The Bertz CT molecular complexity index is 325. The van der Waals surface area contributed by atoms with Gasteiger partial charge in [-0.1, -0.05) is 75.1 Å². The summed E-state index contributed by atoms with van der Waals surface area (Å²) in [5, 5.41) is 10.2. The molecule has 1 atom stereocenters. The van der Waals surface area contributed by atoms with Crippen LogP contribution in [0.4, 0.5) is 0 Å². The summed E-state index contributed by atoms with van der Waals surface area (Å²) in [7, 11) is 0. The van der Waals surface area contributed by atoms with E-state index >= 15 is 0 Å². The molecule has 0 aliphatic rings. The highest BCUT2D eigenvalue weighted by Crippen LogP contribution is 2.18. The smallest absolute Gasteiger partial charge is 0.0802 e. The highest BCUT2D eigenvalue weighted by Gasteiger charge is 2.14. The summed E-state index contributed by atoms with van der Waals surface area (Å²) in [5.74, 6) is 0. The Hall–Kier alpha value is -1.08. The quantitative estimate of drug-likeness (QED) is 0.690. The molecule has 0 saturated carbocycles. The van der Waals surface area contributed by atoms with E-state index in [2.05, 4.69) is 6.92 Å². The molecule has 94 valence electrons. The van der Waals surface area contributed by atoms with Crippen molar-refractivity contribution in [1.82, 2.24) is 0 Å². The van der Waals surface area contributed by atoms with Gasteiger partial charge in [0.15, 0.2) is 0 Å². The second-order valence-electron chi connectivity index (χ2n) is 4.91. The molecule has 1 nitrogen and oxygen atoms in total. The lowest BCUT2D eigenvalue weighted by Gasteiger charge is -2.18. The average Bonchev–Trinajstić information content (AvgIpc) is 2.34. The summed E-state index contributed by atoms with van der Waals surface area (Å²) >= 11 is 0. The second-order valence-corrected chi connectivity index (χ2v) is 4.91. The van der Waals surface area contributed by atoms with Gasteiger partial charge in [-0.25, -0.2) is 0 Å². The average molecular weight is 232 g/mol. The standard InChI is InChI=1S/C16H24O/c1-3-4-5-9-13-16(2,17)14-12-15-10-7-6-8-11-15/h6-8,10-12,14,17H,3-5,9,13H2,1-2H3/b14-12+/t16-/m1/s1. The molecule has 0 radical (unpaired) electrons. The fraction of sp³-hybridized carbons (Fsp3) is 0.500. The van der Waals surface area contributed by atoms with Crippen LogP contribution in [0.25, 0.3) is 6.08 Å². The molecule has 1 heteroatoms. The number of rotatable bonds is 7. The van der Waals surface area contributed by atoms with Gasteiger partial charge < -0.3 is 5.11 Å². The predicted molar refractivity (Wildman–Crippen MR) is 74.9 cm³/mol. The summed E-state index contributed by atoms with van der Waals surface area (Å²) < 4.78 is 0. The molecule has 0 fully saturated rings. The van der Waals surface area contributed by atoms with Gasteiger partial charge in [-0.2, -0.15) is 0 Å². The van der Waals surface area contributed by atoms with Crippen molar-refractivity contribution in [2.24, 2.45) is 0 Å². The molecule has 1 rings (SSSR count). The lowest BCUT2D eigenvalue weighted by Crippen LogP contribution is -2.20. The van der Waals surface area contributed by atoms with Gasteiger partial charge in [-0.15, -0.1) is 0 Å². The monoisotopic (exact) mass is 232 g/mol. The fourth-order valence-electron chi connectivity index (χ4n) is 1.83. The molecule has 1 aromatic carbocycles. The Labute approximate surface area is 105 Å². The summed E-state index contributed by atoms with van der Waals surface area (Å²) in [6.07, 6.45) is 9.57. The molecule has 0 saturated heterocycles. The van der Waals surface area contributed by atoms with Crippen LogP contribution in [0.5, 0.6) is 0 Å². The van der Waals surface area contributed by atoms with Crippen LogP contribution in [0.2, 0.25) is 0 Å². The van der Waals surface area contributed by atoms with Gasteiger partial charge in [0.25, 0.3) is 0 Å². The third kappa shape index (κ3) is 6.28. The van der Waals surface area contributed by atoms with Crippen LogP contribution in [0.1, 0.15) is 51.5 Å². The van der Waals surface area contributed by atoms with Crippen LogP contribution < -0.4 is 0 Å². The zero-order valence-electron chi connectivity index (χ0n) is 11.0. The van der Waals surface area contributed by atoms with E-state index in [1.165, 1.54) is 19.3 Å². The van der Waals surface area contributed by atoms with Gasteiger partial charge >= 0.3 is 0 Å². The van der Waals surface area contributed by atoms with Crippen molar-refractivity contribution in [2.45, 2.75) is 51.6 Å². The van der Waals surface area contributed by atoms with E-state index < -0.39 is 5.60 Å². The molecule has 0 aliphatic carbocycles. The van der Waals surface area contributed by atoms with E-state index in [1.807, 2.05) is 49.4 Å². The molecular formula is C16H24O. The highest BCUT2D eigenvalue weighted by atomic mass is 16.3. The van der Waals surface area contributed by atoms with Crippen molar-refractivity contribution in [1.29, 1.82) is 0 Å². The van der Waals surface area contributed by atoms with Crippen molar-refractivity contribution in [3.05, 3.63) is 42.0 Å². The number of unbranched alkanes of at least 4 members (excludes halogenated alkanes) is 3. The minimum atomic E-state index is -0.677. The van der Waals surface area contributed by atoms with Gasteiger partial charge in [0.1, 0.15) is 0 Å². The van der Waals surface area contributed by atoms with Crippen LogP contribution in [-0.4, -0.2) is 10.7 Å². The maximum Gasteiger partial charge on any atom is 0.0802 e. The molecule has 0 unspecified atom stereocenters. The third-order valence-electron chi connectivity index (χ3n) is 2.97. The molecular weight excluding hydrogens is 208 g/mol. The fourth-order valence-corrected chi connectivity index (χ4v) is 1.83. The van der Waals surface area contributed by atoms with E-state index in [9.17, 15) is 5.11 Å². The summed E-state index contributed by atoms with van der Waals surface area (Å²) in [6, 6.07) is 10.1. The van der Waals surface area contributed by atoms with E-state index in [-0.39, 0.29) is 0 Å². The first-order valence-corrected chi connectivity index (χ1v) is 6.61. The number of hydrogen-bond acceptors (Lipinski definition) is 1. The second kappa shape index (κ2) is 7.29. The minimum Gasteiger partial charge on any atom is -0.386 e. The Kier molecular flexibility index (Phi) is 5.99. The topological polar surface area (TPSA) is 20.2 Å². The number of hydrogen-bond donors (Lipinski definition) is 1. The summed E-state index contributed by atoms with van der Waals surface area (Å²) in [6.45, 7) is 4.09. The number of benzene rings is 1. The van der Waals surface area contributed by atoms with E-state index in [4.69, 9.17) is 0 Å². The van der Waals surface area contributed by atoms with Gasteiger partial charge in [0.2, 0.25) is 0 Å². The Balaban J connectivity index is 2.40. The normalized spacial score (nSPS) is 15.0. The SMILES string of the molecule is CCCCCC[C@@](C)(O)/C=C/c1ccccc1. The molecule has 1 N–H and O–H groups in total. The summed E-state index contributed by atoms with van der Waals surface area (Å²) in [4.78, 5) is 0. The lowest BCUT2D eigenvalue weighted by atomic mass is 9.96. The minimum absolute atomic E-state index is 0.677. The van der Waals surface area contributed by atoms with Crippen LogP contribution in [0.3, 0.4) is 0 Å². The van der Waals surface area contributed by atoms with E-state index in [0.717, 1.165) is 18.4 Å². The Morgan fingerprint density at radius 3 is 2.47 bits per heavy atom. The van der Waals surface area contributed by atoms with Crippen molar-refractivity contribution in [3.8, 4) is 0 Å². The molecule has 0 spiro atoms.